The van der Waals surface area contributed by atoms with Gasteiger partial charge >= 0.3 is 0 Å². The SMILES string of the molecule is O/N=C(\c1ccccc1)[C@@H](c1ccccc1)C(Br)(Br)Br. The van der Waals surface area contributed by atoms with Crippen molar-refractivity contribution in [1.82, 2.24) is 0 Å². The molecule has 0 bridgehead atoms. The van der Waals surface area contributed by atoms with Gasteiger partial charge in [0.1, 0.15) is 2.14 Å². The first-order valence-corrected chi connectivity index (χ1v) is 8.31. The first kappa shape index (κ1) is 15.7. The van der Waals surface area contributed by atoms with Gasteiger partial charge in [-0.1, -0.05) is 114 Å². The zero-order chi connectivity index (χ0) is 14.6. The van der Waals surface area contributed by atoms with E-state index in [9.17, 15) is 5.21 Å². The molecule has 0 saturated heterocycles. The third-order valence-electron chi connectivity index (χ3n) is 2.91. The van der Waals surface area contributed by atoms with E-state index in [1.165, 1.54) is 0 Å². The van der Waals surface area contributed by atoms with Gasteiger partial charge in [0.25, 0.3) is 0 Å². The van der Waals surface area contributed by atoms with Gasteiger partial charge in [-0.25, -0.2) is 0 Å². The molecule has 0 unspecified atom stereocenters. The quantitative estimate of drug-likeness (QED) is 0.279. The minimum atomic E-state index is -0.605. The fourth-order valence-corrected chi connectivity index (χ4v) is 3.48. The zero-order valence-corrected chi connectivity index (χ0v) is 15.1. The lowest BCUT2D eigenvalue weighted by atomic mass is 9.91. The Morgan fingerprint density at radius 1 is 0.900 bits per heavy atom. The molecule has 2 rings (SSSR count). The van der Waals surface area contributed by atoms with Crippen LogP contribution in [0.3, 0.4) is 0 Å². The highest BCUT2D eigenvalue weighted by atomic mass is 80.0. The number of alkyl halides is 3. The lowest BCUT2D eigenvalue weighted by Crippen LogP contribution is -2.25. The summed E-state index contributed by atoms with van der Waals surface area (Å²) in [5, 5.41) is 13.0. The Hall–Kier alpha value is -0.650. The molecule has 0 aromatic heterocycles. The van der Waals surface area contributed by atoms with Gasteiger partial charge in [-0.15, -0.1) is 0 Å². The summed E-state index contributed by atoms with van der Waals surface area (Å²) in [4.78, 5) is 0. The molecule has 1 N–H and O–H groups in total. The van der Waals surface area contributed by atoms with Gasteiger partial charge in [0.2, 0.25) is 0 Å². The number of oxime groups is 1. The van der Waals surface area contributed by atoms with Crippen LogP contribution in [-0.4, -0.2) is 13.1 Å². The fourth-order valence-electron chi connectivity index (χ4n) is 2.04. The van der Waals surface area contributed by atoms with E-state index in [0.717, 1.165) is 11.1 Å². The maximum atomic E-state index is 9.50. The van der Waals surface area contributed by atoms with Crippen molar-refractivity contribution in [3.05, 3.63) is 71.8 Å². The highest BCUT2D eigenvalue weighted by Gasteiger charge is 2.37. The number of halogens is 3. The third-order valence-corrected chi connectivity index (χ3v) is 4.28. The highest BCUT2D eigenvalue weighted by molar-refractivity contribution is 9.39. The molecule has 2 aromatic carbocycles. The monoisotopic (exact) mass is 459 g/mol. The van der Waals surface area contributed by atoms with Crippen LogP contribution < -0.4 is 0 Å². The Morgan fingerprint density at radius 3 is 1.85 bits per heavy atom. The summed E-state index contributed by atoms with van der Waals surface area (Å²) in [6.45, 7) is 0. The van der Waals surface area contributed by atoms with Gasteiger partial charge in [-0.2, -0.15) is 0 Å². The maximum absolute atomic E-state index is 9.50. The Bertz CT molecular complexity index is 579. The molecule has 2 aromatic rings. The van der Waals surface area contributed by atoms with Crippen LogP contribution >= 0.6 is 47.8 Å². The average Bonchev–Trinajstić information content (AvgIpc) is 2.45. The molecule has 0 amide bonds. The van der Waals surface area contributed by atoms with Crippen LogP contribution in [0.25, 0.3) is 0 Å². The zero-order valence-electron chi connectivity index (χ0n) is 10.4. The van der Waals surface area contributed by atoms with E-state index in [-0.39, 0.29) is 5.92 Å². The van der Waals surface area contributed by atoms with Gasteiger partial charge in [0.05, 0.1) is 11.6 Å². The molecule has 0 saturated carbocycles. The van der Waals surface area contributed by atoms with Crippen molar-refractivity contribution in [3.8, 4) is 0 Å². The van der Waals surface area contributed by atoms with Crippen LogP contribution in [0.2, 0.25) is 0 Å². The van der Waals surface area contributed by atoms with Crippen LogP contribution in [0.15, 0.2) is 65.8 Å². The van der Waals surface area contributed by atoms with Crippen molar-refractivity contribution in [2.75, 3.05) is 0 Å². The van der Waals surface area contributed by atoms with Gasteiger partial charge in [0.15, 0.2) is 0 Å². The van der Waals surface area contributed by atoms with Gasteiger partial charge in [0, 0.05) is 5.56 Å². The average molecular weight is 462 g/mol. The molecule has 0 heterocycles. The molecule has 0 radical (unpaired) electrons. The van der Waals surface area contributed by atoms with E-state index in [4.69, 9.17) is 0 Å². The van der Waals surface area contributed by atoms with Crippen molar-refractivity contribution in [2.45, 2.75) is 8.06 Å². The van der Waals surface area contributed by atoms with Crippen LogP contribution in [0.5, 0.6) is 0 Å². The summed E-state index contributed by atoms with van der Waals surface area (Å²) < 4.78 is -0.605. The number of hydrogen-bond donors (Lipinski definition) is 1. The Balaban J connectivity index is 2.52. The van der Waals surface area contributed by atoms with Crippen LogP contribution in [0.4, 0.5) is 0 Å². The number of benzene rings is 2. The number of rotatable bonds is 3. The van der Waals surface area contributed by atoms with E-state index >= 15 is 0 Å². The molecule has 1 atom stereocenters. The second kappa shape index (κ2) is 6.87. The van der Waals surface area contributed by atoms with Crippen LogP contribution in [0, 0.1) is 0 Å². The van der Waals surface area contributed by atoms with E-state index < -0.39 is 2.14 Å². The van der Waals surface area contributed by atoms with Crippen LogP contribution in [0.1, 0.15) is 17.0 Å². The first-order valence-electron chi connectivity index (χ1n) is 5.93. The first-order chi connectivity index (χ1) is 9.54. The third kappa shape index (κ3) is 3.71. The smallest absolute Gasteiger partial charge is 0.147 e. The van der Waals surface area contributed by atoms with Crippen molar-refractivity contribution in [2.24, 2.45) is 5.16 Å². The largest absolute Gasteiger partial charge is 0.411 e. The van der Waals surface area contributed by atoms with Crippen molar-refractivity contribution in [3.63, 3.8) is 0 Å². The highest BCUT2D eigenvalue weighted by Crippen LogP contribution is 2.48. The standard InChI is InChI=1S/C15H12Br3NO/c16-15(17,18)13(11-7-3-1-4-8-11)14(19-20)12-9-5-2-6-10-12/h1-10,13,20H/b19-14+/t13-/m1/s1. The molecule has 0 aliphatic heterocycles. The minimum Gasteiger partial charge on any atom is -0.411 e. The molecular weight excluding hydrogens is 450 g/mol. The van der Waals surface area contributed by atoms with Crippen molar-refractivity contribution in [1.29, 1.82) is 0 Å². The maximum Gasteiger partial charge on any atom is 0.147 e. The normalized spacial score (nSPS) is 14.1. The molecular formula is C15H12Br3NO. The fraction of sp³-hybridized carbons (Fsp3) is 0.133. The molecule has 5 heteroatoms. The summed E-state index contributed by atoms with van der Waals surface area (Å²) in [7, 11) is 0. The van der Waals surface area contributed by atoms with E-state index in [1.54, 1.807) is 0 Å². The van der Waals surface area contributed by atoms with E-state index in [2.05, 4.69) is 52.9 Å². The lowest BCUT2D eigenvalue weighted by Gasteiger charge is -2.27. The van der Waals surface area contributed by atoms with Gasteiger partial charge in [-0.3, -0.25) is 0 Å². The van der Waals surface area contributed by atoms with Crippen LogP contribution in [-0.2, 0) is 0 Å². The molecule has 20 heavy (non-hydrogen) atoms. The molecule has 0 aliphatic carbocycles. The Morgan fingerprint density at radius 2 is 1.40 bits per heavy atom. The molecule has 2 nitrogen and oxygen atoms in total. The van der Waals surface area contributed by atoms with Crippen molar-refractivity contribution < 1.29 is 5.21 Å². The Kier molecular flexibility index (Phi) is 5.41. The van der Waals surface area contributed by atoms with Gasteiger partial charge in [-0.05, 0) is 5.56 Å². The molecule has 104 valence electrons. The summed E-state index contributed by atoms with van der Waals surface area (Å²) >= 11 is 10.7. The predicted molar refractivity (Wildman–Crippen MR) is 93.5 cm³/mol. The summed E-state index contributed by atoms with van der Waals surface area (Å²) in [5.41, 5.74) is 2.46. The number of nitrogens with zero attached hydrogens (tertiary/aromatic N) is 1. The summed E-state index contributed by atoms with van der Waals surface area (Å²) in [6, 6.07) is 19.5. The summed E-state index contributed by atoms with van der Waals surface area (Å²) in [6.07, 6.45) is 0. The second-order valence-electron chi connectivity index (χ2n) is 4.24. The topological polar surface area (TPSA) is 32.6 Å². The molecule has 0 aliphatic rings. The lowest BCUT2D eigenvalue weighted by molar-refractivity contribution is 0.317. The second-order valence-corrected chi connectivity index (χ2v) is 11.2. The molecule has 0 fully saturated rings. The number of hydrogen-bond acceptors (Lipinski definition) is 2. The van der Waals surface area contributed by atoms with E-state index in [1.807, 2.05) is 60.7 Å². The van der Waals surface area contributed by atoms with E-state index in [0.29, 0.717) is 5.71 Å². The summed E-state index contributed by atoms with van der Waals surface area (Å²) in [5.74, 6) is -0.212. The van der Waals surface area contributed by atoms with Gasteiger partial charge < -0.3 is 5.21 Å². The molecule has 0 spiro atoms. The van der Waals surface area contributed by atoms with Crippen molar-refractivity contribution >= 4 is 53.5 Å². The predicted octanol–water partition coefficient (Wildman–Crippen LogP) is 5.49. The Labute approximate surface area is 143 Å². The minimum absolute atomic E-state index is 0.212.